The molecule has 4 aromatic rings. The average molecular weight is 439 g/mol. The van der Waals surface area contributed by atoms with E-state index in [4.69, 9.17) is 4.42 Å². The smallest absolute Gasteiger partial charge is 0.314 e. The summed E-state index contributed by atoms with van der Waals surface area (Å²) in [5.41, 5.74) is 3.38. The van der Waals surface area contributed by atoms with Crippen molar-refractivity contribution in [1.29, 1.82) is 0 Å². The van der Waals surface area contributed by atoms with Crippen LogP contribution in [0, 0.1) is 5.82 Å². The molecule has 3 heterocycles. The van der Waals surface area contributed by atoms with E-state index in [1.165, 1.54) is 29.2 Å². The molecule has 1 aliphatic heterocycles. The van der Waals surface area contributed by atoms with Gasteiger partial charge in [0.25, 0.3) is 11.8 Å². The number of rotatable bonds is 5. The zero-order valence-corrected chi connectivity index (χ0v) is 16.8. The number of amides is 1. The van der Waals surface area contributed by atoms with Gasteiger partial charge in [-0.2, -0.15) is 13.9 Å². The lowest BCUT2D eigenvalue weighted by atomic mass is 10.1. The normalized spacial score (nSPS) is 13.3. The minimum atomic E-state index is -2.88. The molecule has 10 heteroatoms. The molecule has 7 nitrogen and oxygen atoms in total. The number of carbonyl (C=O) groups excluding carboxylic acids is 1. The van der Waals surface area contributed by atoms with Gasteiger partial charge in [0.15, 0.2) is 0 Å². The van der Waals surface area contributed by atoms with Crippen LogP contribution in [0.4, 0.5) is 18.9 Å². The van der Waals surface area contributed by atoms with E-state index in [9.17, 15) is 18.0 Å². The van der Waals surface area contributed by atoms with Crippen LogP contribution < -0.4 is 4.90 Å². The predicted octanol–water partition coefficient (Wildman–Crippen LogP) is 4.72. The van der Waals surface area contributed by atoms with Crippen LogP contribution in [0.15, 0.2) is 53.2 Å². The lowest BCUT2D eigenvalue weighted by Gasteiger charge is -2.19. The van der Waals surface area contributed by atoms with E-state index < -0.39 is 18.1 Å². The van der Waals surface area contributed by atoms with Crippen molar-refractivity contribution in [3.63, 3.8) is 0 Å². The molecule has 0 fully saturated rings. The predicted molar refractivity (Wildman–Crippen MR) is 108 cm³/mol. The van der Waals surface area contributed by atoms with Crippen LogP contribution in [0.3, 0.4) is 0 Å². The third kappa shape index (κ3) is 3.33. The van der Waals surface area contributed by atoms with Crippen LogP contribution in [0.2, 0.25) is 0 Å². The molecular formula is C22H16F3N5O2. The van der Waals surface area contributed by atoms with Crippen molar-refractivity contribution in [3.8, 4) is 17.1 Å². The van der Waals surface area contributed by atoms with E-state index in [-0.39, 0.29) is 18.3 Å². The largest absolute Gasteiger partial charge is 0.415 e. The Bertz CT molecular complexity index is 1330. The highest BCUT2D eigenvalue weighted by molar-refractivity contribution is 6.11. The number of aryl methyl sites for hydroxylation is 1. The number of anilines is 1. The molecule has 2 aromatic carbocycles. The summed E-state index contributed by atoms with van der Waals surface area (Å²) < 4.78 is 46.1. The zero-order chi connectivity index (χ0) is 22.4. The summed E-state index contributed by atoms with van der Waals surface area (Å²) >= 11 is 0. The minimum absolute atomic E-state index is 0.0968. The number of alkyl halides is 2. The Labute approximate surface area is 180 Å². The lowest BCUT2D eigenvalue weighted by Crippen LogP contribution is -2.24. The van der Waals surface area contributed by atoms with Crippen LogP contribution in [-0.4, -0.2) is 25.9 Å². The van der Waals surface area contributed by atoms with Crippen molar-refractivity contribution in [2.24, 2.45) is 0 Å². The quantitative estimate of drug-likeness (QED) is 0.450. The number of nitrogens with zero attached hydrogens (tertiary/aromatic N) is 5. The maximum absolute atomic E-state index is 14.0. The van der Waals surface area contributed by atoms with Gasteiger partial charge in [-0.15, -0.1) is 10.2 Å². The SMILES string of the molecule is CCc1cnn(-c2cc(F)ccc2N2Cc3ccc(-c4nnc(C(F)F)o4)cc3C2=O)c1. The molecule has 1 amide bonds. The molecule has 5 rings (SSSR count). The fourth-order valence-corrected chi connectivity index (χ4v) is 3.65. The molecule has 0 atom stereocenters. The van der Waals surface area contributed by atoms with E-state index >= 15 is 0 Å². The van der Waals surface area contributed by atoms with Gasteiger partial charge >= 0.3 is 6.43 Å². The van der Waals surface area contributed by atoms with Gasteiger partial charge in [0.05, 0.1) is 24.1 Å². The van der Waals surface area contributed by atoms with Gasteiger partial charge in [-0.05, 0) is 41.8 Å². The maximum Gasteiger partial charge on any atom is 0.314 e. The first-order chi connectivity index (χ1) is 15.4. The number of carbonyl (C=O) groups is 1. The Kier molecular flexibility index (Phi) is 4.76. The number of benzene rings is 2. The summed E-state index contributed by atoms with van der Waals surface area (Å²) in [6.07, 6.45) is 1.37. The van der Waals surface area contributed by atoms with Crippen molar-refractivity contribution in [2.45, 2.75) is 26.3 Å². The van der Waals surface area contributed by atoms with E-state index in [0.29, 0.717) is 22.5 Å². The van der Waals surface area contributed by atoms with Crippen LogP contribution in [-0.2, 0) is 13.0 Å². The Morgan fingerprint density at radius 2 is 1.97 bits per heavy atom. The van der Waals surface area contributed by atoms with Crippen molar-refractivity contribution < 1.29 is 22.4 Å². The average Bonchev–Trinajstić information content (AvgIpc) is 3.53. The first-order valence-corrected chi connectivity index (χ1v) is 9.84. The Balaban J connectivity index is 1.51. The van der Waals surface area contributed by atoms with Gasteiger partial charge < -0.3 is 9.32 Å². The van der Waals surface area contributed by atoms with Crippen LogP contribution in [0.5, 0.6) is 0 Å². The molecule has 0 aliphatic carbocycles. The third-order valence-electron chi connectivity index (χ3n) is 5.31. The van der Waals surface area contributed by atoms with Crippen LogP contribution in [0.25, 0.3) is 17.1 Å². The number of hydrogen-bond donors (Lipinski definition) is 0. The molecule has 0 bridgehead atoms. The maximum atomic E-state index is 14.0. The second-order valence-corrected chi connectivity index (χ2v) is 7.29. The van der Waals surface area contributed by atoms with Crippen molar-refractivity contribution in [1.82, 2.24) is 20.0 Å². The summed E-state index contributed by atoms with van der Waals surface area (Å²) in [6.45, 7) is 2.25. The van der Waals surface area contributed by atoms with Crippen molar-refractivity contribution >= 4 is 11.6 Å². The molecule has 0 unspecified atom stereocenters. The van der Waals surface area contributed by atoms with E-state index in [1.807, 2.05) is 6.92 Å². The van der Waals surface area contributed by atoms with Gasteiger partial charge in [-0.3, -0.25) is 4.79 Å². The first kappa shape index (κ1) is 20.0. The molecule has 1 aliphatic rings. The molecule has 162 valence electrons. The van der Waals surface area contributed by atoms with Gasteiger partial charge in [0.1, 0.15) is 5.82 Å². The first-order valence-electron chi connectivity index (χ1n) is 9.84. The standard InChI is InChI=1S/C22H16F3N5O2/c1-2-12-9-26-30(10-12)18-8-15(23)5-6-17(18)29-11-14-4-3-13(7-16(14)22(29)31)20-27-28-21(32-20)19(24)25/h3-10,19H,2,11H2,1H3. The van der Waals surface area contributed by atoms with Crippen LogP contribution >= 0.6 is 0 Å². The minimum Gasteiger partial charge on any atom is -0.415 e. The molecule has 0 saturated heterocycles. The van der Waals surface area contributed by atoms with Gasteiger partial charge in [-0.25, -0.2) is 9.07 Å². The number of fused-ring (bicyclic) bond motifs is 1. The number of halogens is 3. The topological polar surface area (TPSA) is 77.1 Å². The fourth-order valence-electron chi connectivity index (χ4n) is 3.65. The van der Waals surface area contributed by atoms with Gasteiger partial charge in [0.2, 0.25) is 5.89 Å². The van der Waals surface area contributed by atoms with Crippen molar-refractivity contribution in [2.75, 3.05) is 4.90 Å². The van der Waals surface area contributed by atoms with E-state index in [2.05, 4.69) is 15.3 Å². The Morgan fingerprint density at radius 3 is 2.69 bits per heavy atom. The molecule has 0 N–H and O–H groups in total. The second-order valence-electron chi connectivity index (χ2n) is 7.29. The van der Waals surface area contributed by atoms with Crippen molar-refractivity contribution in [3.05, 3.63) is 77.2 Å². The van der Waals surface area contributed by atoms with Gasteiger partial charge in [-0.1, -0.05) is 13.0 Å². The Hall–Kier alpha value is -3.95. The van der Waals surface area contributed by atoms with Gasteiger partial charge in [0, 0.05) is 23.4 Å². The second kappa shape index (κ2) is 7.63. The summed E-state index contributed by atoms with van der Waals surface area (Å²) in [4.78, 5) is 14.8. The summed E-state index contributed by atoms with van der Waals surface area (Å²) in [5.74, 6) is -1.64. The van der Waals surface area contributed by atoms with E-state index in [1.54, 1.807) is 29.2 Å². The number of hydrogen-bond acceptors (Lipinski definition) is 5. The monoisotopic (exact) mass is 439 g/mol. The van der Waals surface area contributed by atoms with Crippen LogP contribution in [0.1, 0.15) is 40.7 Å². The lowest BCUT2D eigenvalue weighted by molar-refractivity contribution is 0.0996. The highest BCUT2D eigenvalue weighted by Gasteiger charge is 2.31. The molecule has 2 aromatic heterocycles. The molecular weight excluding hydrogens is 423 g/mol. The third-order valence-corrected chi connectivity index (χ3v) is 5.31. The summed E-state index contributed by atoms with van der Waals surface area (Å²) in [6, 6.07) is 9.03. The fraction of sp³-hybridized carbons (Fsp3) is 0.182. The molecule has 32 heavy (non-hydrogen) atoms. The highest BCUT2D eigenvalue weighted by atomic mass is 19.3. The highest BCUT2D eigenvalue weighted by Crippen LogP contribution is 2.35. The zero-order valence-electron chi connectivity index (χ0n) is 16.8. The molecule has 0 spiro atoms. The summed E-state index contributed by atoms with van der Waals surface area (Å²) in [5, 5.41) is 11.3. The molecule has 0 radical (unpaired) electrons. The number of aromatic nitrogens is 4. The Morgan fingerprint density at radius 1 is 1.12 bits per heavy atom. The van der Waals surface area contributed by atoms with E-state index in [0.717, 1.165) is 17.5 Å². The summed E-state index contributed by atoms with van der Waals surface area (Å²) in [7, 11) is 0. The molecule has 0 saturated carbocycles.